The molecule has 0 atom stereocenters. The summed E-state index contributed by atoms with van der Waals surface area (Å²) in [5.41, 5.74) is 0.836. The van der Waals surface area contributed by atoms with Crippen LogP contribution in [0.15, 0.2) is 24.5 Å². The molecule has 0 spiro atoms. The summed E-state index contributed by atoms with van der Waals surface area (Å²) < 4.78 is 5.45. The van der Waals surface area contributed by atoms with Gasteiger partial charge in [-0.25, -0.2) is 4.79 Å². The van der Waals surface area contributed by atoms with E-state index in [0.717, 1.165) is 39.0 Å². The average Bonchev–Trinajstić information content (AvgIpc) is 2.53. The molecule has 2 rings (SSSR count). The molecule has 1 amide bonds. The highest BCUT2D eigenvalue weighted by Gasteiger charge is 2.26. The second-order valence-corrected chi connectivity index (χ2v) is 7.80. The Kier molecular flexibility index (Phi) is 6.60. The van der Waals surface area contributed by atoms with Gasteiger partial charge in [0.15, 0.2) is 0 Å². The number of amides is 1. The highest BCUT2D eigenvalue weighted by Crippen LogP contribution is 2.22. The molecule has 2 heterocycles. The number of likely N-dealkylation sites (tertiary alicyclic amines) is 1. The van der Waals surface area contributed by atoms with Crippen LogP contribution in [0.4, 0.5) is 4.79 Å². The molecule has 1 aromatic rings. The minimum atomic E-state index is -0.414. The number of piperidine rings is 1. The summed E-state index contributed by atoms with van der Waals surface area (Å²) in [6, 6.07) is 4.10. The van der Waals surface area contributed by atoms with Gasteiger partial charge in [0, 0.05) is 32.0 Å². The number of pyridine rings is 1. The molecule has 0 saturated carbocycles. The van der Waals surface area contributed by atoms with Crippen molar-refractivity contribution in [3.63, 3.8) is 0 Å². The molecule has 5 heteroatoms. The van der Waals surface area contributed by atoms with Crippen LogP contribution in [0.25, 0.3) is 0 Å². The molecule has 0 radical (unpaired) electrons. The Labute approximate surface area is 146 Å². The van der Waals surface area contributed by atoms with Gasteiger partial charge in [-0.2, -0.15) is 0 Å². The van der Waals surface area contributed by atoms with Crippen molar-refractivity contribution < 1.29 is 9.53 Å². The van der Waals surface area contributed by atoms with Gasteiger partial charge in [0.05, 0.1) is 0 Å². The van der Waals surface area contributed by atoms with Crippen LogP contribution in [0, 0.1) is 5.92 Å². The average molecular weight is 333 g/mol. The standard InChI is InChI=1S/C19H31N3O2/c1-19(2,3)24-18(23)22-12-8-16(9-13-22)7-11-21(4)15-17-6-5-10-20-14-17/h5-6,10,14,16H,7-9,11-13,15H2,1-4H3. The number of nitrogens with zero attached hydrogens (tertiary/aromatic N) is 3. The third kappa shape index (κ3) is 6.48. The van der Waals surface area contributed by atoms with Crippen LogP contribution < -0.4 is 0 Å². The van der Waals surface area contributed by atoms with Gasteiger partial charge in [-0.3, -0.25) is 4.98 Å². The lowest BCUT2D eigenvalue weighted by atomic mass is 9.93. The topological polar surface area (TPSA) is 45.7 Å². The summed E-state index contributed by atoms with van der Waals surface area (Å²) in [5.74, 6) is 0.694. The molecular formula is C19H31N3O2. The summed E-state index contributed by atoms with van der Waals surface area (Å²) >= 11 is 0. The zero-order valence-electron chi connectivity index (χ0n) is 15.5. The van der Waals surface area contributed by atoms with Crippen molar-refractivity contribution in [1.29, 1.82) is 0 Å². The number of carbonyl (C=O) groups excluding carboxylic acids is 1. The summed E-state index contributed by atoms with van der Waals surface area (Å²) in [5, 5.41) is 0. The zero-order chi connectivity index (χ0) is 17.6. The van der Waals surface area contributed by atoms with Crippen LogP contribution >= 0.6 is 0 Å². The Hall–Kier alpha value is -1.62. The van der Waals surface area contributed by atoms with Crippen LogP contribution in [0.2, 0.25) is 0 Å². The van der Waals surface area contributed by atoms with Crippen LogP contribution in [-0.4, -0.2) is 53.2 Å². The van der Waals surface area contributed by atoms with Crippen molar-refractivity contribution >= 4 is 6.09 Å². The maximum Gasteiger partial charge on any atom is 0.410 e. The summed E-state index contributed by atoms with van der Waals surface area (Å²) in [6.45, 7) is 9.37. The molecule has 1 aliphatic heterocycles. The zero-order valence-corrected chi connectivity index (χ0v) is 15.5. The van der Waals surface area contributed by atoms with Gasteiger partial charge in [-0.15, -0.1) is 0 Å². The quantitative estimate of drug-likeness (QED) is 0.827. The molecular weight excluding hydrogens is 302 g/mol. The molecule has 0 aromatic carbocycles. The first-order chi connectivity index (χ1) is 11.3. The molecule has 24 heavy (non-hydrogen) atoms. The van der Waals surface area contributed by atoms with Crippen molar-refractivity contribution in [2.45, 2.75) is 52.2 Å². The molecule has 1 saturated heterocycles. The van der Waals surface area contributed by atoms with Gasteiger partial charge in [-0.05, 0) is 71.2 Å². The predicted molar refractivity (Wildman–Crippen MR) is 95.7 cm³/mol. The Bertz CT molecular complexity index is 505. The van der Waals surface area contributed by atoms with Crippen LogP contribution in [0.5, 0.6) is 0 Å². The SMILES string of the molecule is CN(CCC1CCN(C(=O)OC(C)(C)C)CC1)Cc1cccnc1. The highest BCUT2D eigenvalue weighted by atomic mass is 16.6. The molecule has 5 nitrogen and oxygen atoms in total. The third-order valence-electron chi connectivity index (χ3n) is 4.36. The van der Waals surface area contributed by atoms with E-state index < -0.39 is 5.60 Å². The molecule has 0 unspecified atom stereocenters. The van der Waals surface area contributed by atoms with Gasteiger partial charge >= 0.3 is 6.09 Å². The molecule has 0 N–H and O–H groups in total. The minimum Gasteiger partial charge on any atom is -0.444 e. The second-order valence-electron chi connectivity index (χ2n) is 7.80. The molecule has 0 bridgehead atoms. The smallest absolute Gasteiger partial charge is 0.410 e. The fraction of sp³-hybridized carbons (Fsp3) is 0.684. The van der Waals surface area contributed by atoms with E-state index in [2.05, 4.69) is 23.0 Å². The highest BCUT2D eigenvalue weighted by molar-refractivity contribution is 5.68. The maximum absolute atomic E-state index is 12.1. The van der Waals surface area contributed by atoms with Crippen molar-refractivity contribution in [2.24, 2.45) is 5.92 Å². The van der Waals surface area contributed by atoms with E-state index in [9.17, 15) is 4.79 Å². The fourth-order valence-corrected chi connectivity index (χ4v) is 3.02. The van der Waals surface area contributed by atoms with Crippen molar-refractivity contribution in [3.8, 4) is 0 Å². The van der Waals surface area contributed by atoms with Gasteiger partial charge in [0.1, 0.15) is 5.60 Å². The van der Waals surface area contributed by atoms with Gasteiger partial charge in [0.2, 0.25) is 0 Å². The number of ether oxygens (including phenoxy) is 1. The van der Waals surface area contributed by atoms with E-state index in [-0.39, 0.29) is 6.09 Å². The van der Waals surface area contributed by atoms with Crippen molar-refractivity contribution in [2.75, 3.05) is 26.7 Å². The first-order valence-electron chi connectivity index (χ1n) is 8.89. The normalized spacial score (nSPS) is 16.5. The summed E-state index contributed by atoms with van der Waals surface area (Å²) in [7, 11) is 2.16. The Morgan fingerprint density at radius 3 is 2.67 bits per heavy atom. The number of carbonyl (C=O) groups is 1. The first kappa shape index (κ1) is 18.7. The third-order valence-corrected chi connectivity index (χ3v) is 4.36. The number of aromatic nitrogens is 1. The van der Waals surface area contributed by atoms with Crippen LogP contribution in [0.1, 0.15) is 45.6 Å². The van der Waals surface area contributed by atoms with Gasteiger partial charge in [-0.1, -0.05) is 6.07 Å². The first-order valence-corrected chi connectivity index (χ1v) is 8.89. The van der Waals surface area contributed by atoms with E-state index >= 15 is 0 Å². The van der Waals surface area contributed by atoms with Crippen molar-refractivity contribution in [1.82, 2.24) is 14.8 Å². The predicted octanol–water partition coefficient (Wildman–Crippen LogP) is 3.55. The summed E-state index contributed by atoms with van der Waals surface area (Å²) in [6.07, 6.45) is 6.88. The van der Waals surface area contributed by atoms with E-state index in [1.165, 1.54) is 12.0 Å². The van der Waals surface area contributed by atoms with E-state index in [1.54, 1.807) is 0 Å². The molecule has 1 fully saturated rings. The summed E-state index contributed by atoms with van der Waals surface area (Å²) in [4.78, 5) is 20.4. The monoisotopic (exact) mass is 333 g/mol. The van der Waals surface area contributed by atoms with E-state index in [0.29, 0.717) is 5.92 Å². The fourth-order valence-electron chi connectivity index (χ4n) is 3.02. The van der Waals surface area contributed by atoms with E-state index in [4.69, 9.17) is 4.74 Å². The lowest BCUT2D eigenvalue weighted by Crippen LogP contribution is -2.42. The minimum absolute atomic E-state index is 0.172. The molecule has 0 aliphatic carbocycles. The van der Waals surface area contributed by atoms with Crippen LogP contribution in [-0.2, 0) is 11.3 Å². The maximum atomic E-state index is 12.1. The number of rotatable bonds is 5. The lowest BCUT2D eigenvalue weighted by molar-refractivity contribution is 0.0178. The molecule has 1 aliphatic rings. The molecule has 1 aromatic heterocycles. The van der Waals surface area contributed by atoms with Crippen molar-refractivity contribution in [3.05, 3.63) is 30.1 Å². The lowest BCUT2D eigenvalue weighted by Gasteiger charge is -2.34. The second kappa shape index (κ2) is 8.47. The number of hydrogen-bond donors (Lipinski definition) is 0. The van der Waals surface area contributed by atoms with Gasteiger partial charge in [0.25, 0.3) is 0 Å². The Morgan fingerprint density at radius 2 is 2.08 bits per heavy atom. The van der Waals surface area contributed by atoms with Crippen LogP contribution in [0.3, 0.4) is 0 Å². The molecule has 134 valence electrons. The Morgan fingerprint density at radius 1 is 1.38 bits per heavy atom. The Balaban J connectivity index is 1.67. The van der Waals surface area contributed by atoms with E-state index in [1.807, 2.05) is 44.1 Å². The number of hydrogen-bond acceptors (Lipinski definition) is 4. The van der Waals surface area contributed by atoms with Gasteiger partial charge < -0.3 is 14.5 Å². The largest absolute Gasteiger partial charge is 0.444 e.